The second-order valence-corrected chi connectivity index (χ2v) is 8.90. The van der Waals surface area contributed by atoms with Crippen LogP contribution in [0.5, 0.6) is 5.75 Å². The summed E-state index contributed by atoms with van der Waals surface area (Å²) in [4.78, 5) is 37.1. The topological polar surface area (TPSA) is 96.5 Å². The first-order valence-electron chi connectivity index (χ1n) is 11.1. The molecule has 182 valence electrons. The van der Waals surface area contributed by atoms with E-state index in [2.05, 4.69) is 36.7 Å². The van der Waals surface area contributed by atoms with E-state index in [1.165, 1.54) is 30.3 Å². The van der Waals surface area contributed by atoms with Crippen molar-refractivity contribution in [3.63, 3.8) is 0 Å². The molecule has 0 fully saturated rings. The van der Waals surface area contributed by atoms with Gasteiger partial charge in [-0.2, -0.15) is 0 Å². The summed E-state index contributed by atoms with van der Waals surface area (Å²) in [6, 6.07) is 19.3. The molecule has 35 heavy (non-hydrogen) atoms. The van der Waals surface area contributed by atoms with E-state index in [4.69, 9.17) is 4.74 Å². The van der Waals surface area contributed by atoms with E-state index in [1.54, 1.807) is 18.2 Å². The summed E-state index contributed by atoms with van der Waals surface area (Å²) in [5.41, 5.74) is 2.39. The number of halogens is 1. The molecule has 3 aromatic rings. The molecule has 0 unspecified atom stereocenters. The maximum Gasteiger partial charge on any atom is 0.262 e. The number of carbonyl (C=O) groups excluding carboxylic acids is 3. The molecule has 0 radical (unpaired) electrons. The summed E-state index contributed by atoms with van der Waals surface area (Å²) in [6.07, 6.45) is 0. The average Bonchev–Trinajstić information content (AvgIpc) is 2.82. The molecule has 0 heterocycles. The molecule has 3 amide bonds. The standard InChI is InChI=1S/C27H28FN3O4/c1-27(2,3)18-8-12-20(13-9-18)30-24(32)16-29-26(34)22-6-4-5-7-23(22)35-17-25(33)31-21-14-10-19(28)11-15-21/h4-15H,16-17H2,1-3H3,(H,29,34)(H,30,32)(H,31,33). The molecule has 8 heteroatoms. The van der Waals surface area contributed by atoms with Crippen molar-refractivity contribution in [2.24, 2.45) is 0 Å². The van der Waals surface area contributed by atoms with Crippen molar-refractivity contribution in [1.29, 1.82) is 0 Å². The molecule has 0 saturated heterocycles. The van der Waals surface area contributed by atoms with Gasteiger partial charge in [0.15, 0.2) is 6.61 Å². The lowest BCUT2D eigenvalue weighted by Crippen LogP contribution is -2.33. The summed E-state index contributed by atoms with van der Waals surface area (Å²) in [5.74, 6) is -1.58. The molecule has 3 N–H and O–H groups in total. The molecule has 0 atom stereocenters. The Labute approximate surface area is 203 Å². The van der Waals surface area contributed by atoms with Gasteiger partial charge in [0.2, 0.25) is 5.91 Å². The third-order valence-corrected chi connectivity index (χ3v) is 5.06. The highest BCUT2D eigenvalue weighted by atomic mass is 19.1. The van der Waals surface area contributed by atoms with Gasteiger partial charge in [0.05, 0.1) is 12.1 Å². The van der Waals surface area contributed by atoms with Crippen LogP contribution in [0.25, 0.3) is 0 Å². The first-order chi connectivity index (χ1) is 16.6. The van der Waals surface area contributed by atoms with E-state index in [-0.39, 0.29) is 35.8 Å². The van der Waals surface area contributed by atoms with Gasteiger partial charge >= 0.3 is 0 Å². The number of para-hydroxylation sites is 1. The van der Waals surface area contributed by atoms with E-state index < -0.39 is 17.6 Å². The first-order valence-corrected chi connectivity index (χ1v) is 11.1. The fourth-order valence-electron chi connectivity index (χ4n) is 3.17. The van der Waals surface area contributed by atoms with Crippen LogP contribution in [0.1, 0.15) is 36.7 Å². The Morgan fingerprint density at radius 3 is 2.00 bits per heavy atom. The predicted molar refractivity (Wildman–Crippen MR) is 133 cm³/mol. The number of carbonyl (C=O) groups is 3. The zero-order chi connectivity index (χ0) is 25.4. The summed E-state index contributed by atoms with van der Waals surface area (Å²) in [7, 11) is 0. The van der Waals surface area contributed by atoms with Gasteiger partial charge < -0.3 is 20.7 Å². The minimum absolute atomic E-state index is 0.00755. The maximum absolute atomic E-state index is 13.0. The molecule has 3 aromatic carbocycles. The van der Waals surface area contributed by atoms with E-state index in [0.29, 0.717) is 11.4 Å². The molecular formula is C27H28FN3O4. The SMILES string of the molecule is CC(C)(C)c1ccc(NC(=O)CNC(=O)c2ccccc2OCC(=O)Nc2ccc(F)cc2)cc1. The van der Waals surface area contributed by atoms with Gasteiger partial charge in [0, 0.05) is 11.4 Å². The Balaban J connectivity index is 1.52. The summed E-state index contributed by atoms with van der Waals surface area (Å²) in [6.45, 7) is 5.73. The smallest absolute Gasteiger partial charge is 0.262 e. The van der Waals surface area contributed by atoms with Crippen LogP contribution in [0.15, 0.2) is 72.8 Å². The highest BCUT2D eigenvalue weighted by Crippen LogP contribution is 2.23. The molecule has 0 aromatic heterocycles. The van der Waals surface area contributed by atoms with Gasteiger partial charge in [-0.1, -0.05) is 45.0 Å². The maximum atomic E-state index is 13.0. The Hall–Kier alpha value is -4.20. The Kier molecular flexibility index (Phi) is 8.20. The Morgan fingerprint density at radius 1 is 0.800 bits per heavy atom. The number of hydrogen-bond acceptors (Lipinski definition) is 4. The lowest BCUT2D eigenvalue weighted by Gasteiger charge is -2.19. The molecule has 0 saturated carbocycles. The molecule has 0 bridgehead atoms. The zero-order valence-electron chi connectivity index (χ0n) is 19.9. The summed E-state index contributed by atoms with van der Waals surface area (Å²) in [5, 5.41) is 7.89. The number of nitrogens with one attached hydrogen (secondary N) is 3. The van der Waals surface area contributed by atoms with Gasteiger partial charge in [-0.15, -0.1) is 0 Å². The van der Waals surface area contributed by atoms with Gasteiger partial charge in [-0.25, -0.2) is 4.39 Å². The van der Waals surface area contributed by atoms with Crippen molar-refractivity contribution in [3.05, 3.63) is 89.7 Å². The molecule has 0 aliphatic carbocycles. The monoisotopic (exact) mass is 477 g/mol. The quantitative estimate of drug-likeness (QED) is 0.445. The third-order valence-electron chi connectivity index (χ3n) is 5.06. The van der Waals surface area contributed by atoms with Crippen molar-refractivity contribution in [3.8, 4) is 5.75 Å². The number of hydrogen-bond donors (Lipinski definition) is 3. The minimum atomic E-state index is -0.516. The van der Waals surface area contributed by atoms with Gasteiger partial charge in [-0.3, -0.25) is 14.4 Å². The predicted octanol–water partition coefficient (Wildman–Crippen LogP) is 4.51. The molecule has 7 nitrogen and oxygen atoms in total. The Morgan fingerprint density at radius 2 is 1.37 bits per heavy atom. The fourth-order valence-corrected chi connectivity index (χ4v) is 3.17. The van der Waals surface area contributed by atoms with Crippen LogP contribution in [0.3, 0.4) is 0 Å². The van der Waals surface area contributed by atoms with Crippen LogP contribution in [0, 0.1) is 5.82 Å². The highest BCUT2D eigenvalue weighted by molar-refractivity contribution is 6.01. The highest BCUT2D eigenvalue weighted by Gasteiger charge is 2.16. The molecular weight excluding hydrogens is 449 g/mol. The van der Waals surface area contributed by atoms with Crippen LogP contribution in [0.4, 0.5) is 15.8 Å². The fraction of sp³-hybridized carbons (Fsp3) is 0.222. The van der Waals surface area contributed by atoms with Crippen molar-refractivity contribution < 1.29 is 23.5 Å². The van der Waals surface area contributed by atoms with Gasteiger partial charge in [-0.05, 0) is 59.5 Å². The van der Waals surface area contributed by atoms with Gasteiger partial charge in [0.25, 0.3) is 11.8 Å². The van der Waals surface area contributed by atoms with Crippen molar-refractivity contribution >= 4 is 29.1 Å². The minimum Gasteiger partial charge on any atom is -0.483 e. The number of benzene rings is 3. The zero-order valence-corrected chi connectivity index (χ0v) is 19.9. The second kappa shape index (κ2) is 11.3. The largest absolute Gasteiger partial charge is 0.483 e. The van der Waals surface area contributed by atoms with Gasteiger partial charge in [0.1, 0.15) is 11.6 Å². The number of ether oxygens (including phenoxy) is 1. The second-order valence-electron chi connectivity index (χ2n) is 8.90. The first kappa shape index (κ1) is 25.4. The lowest BCUT2D eigenvalue weighted by atomic mass is 9.87. The van der Waals surface area contributed by atoms with E-state index in [9.17, 15) is 18.8 Å². The third kappa shape index (κ3) is 7.67. The average molecular weight is 478 g/mol. The van der Waals surface area contributed by atoms with E-state index in [1.807, 2.05) is 24.3 Å². The normalized spacial score (nSPS) is 10.9. The Bertz CT molecular complexity index is 1190. The number of anilines is 2. The summed E-state index contributed by atoms with van der Waals surface area (Å²) < 4.78 is 18.5. The molecule has 0 aliphatic heterocycles. The molecule has 0 aliphatic rings. The summed E-state index contributed by atoms with van der Waals surface area (Å²) >= 11 is 0. The van der Waals surface area contributed by atoms with Crippen molar-refractivity contribution in [1.82, 2.24) is 5.32 Å². The van der Waals surface area contributed by atoms with Crippen LogP contribution < -0.4 is 20.7 Å². The van der Waals surface area contributed by atoms with Crippen molar-refractivity contribution in [2.45, 2.75) is 26.2 Å². The van der Waals surface area contributed by atoms with Crippen LogP contribution in [-0.2, 0) is 15.0 Å². The van der Waals surface area contributed by atoms with Crippen LogP contribution in [0.2, 0.25) is 0 Å². The van der Waals surface area contributed by atoms with Crippen molar-refractivity contribution in [2.75, 3.05) is 23.8 Å². The molecule has 0 spiro atoms. The van der Waals surface area contributed by atoms with Crippen LogP contribution in [-0.4, -0.2) is 30.9 Å². The number of rotatable bonds is 8. The van der Waals surface area contributed by atoms with E-state index in [0.717, 1.165) is 5.56 Å². The van der Waals surface area contributed by atoms with E-state index >= 15 is 0 Å². The number of amides is 3. The lowest BCUT2D eigenvalue weighted by molar-refractivity contribution is -0.118. The molecule has 3 rings (SSSR count). The van der Waals surface area contributed by atoms with Crippen LogP contribution >= 0.6 is 0 Å².